The predicted molar refractivity (Wildman–Crippen MR) is 73.1 cm³/mol. The van der Waals surface area contributed by atoms with Crippen LogP contribution in [0.2, 0.25) is 0 Å². The molecule has 20 heavy (non-hydrogen) atoms. The molecular weight excluding hydrogens is 261 g/mol. The van der Waals surface area contributed by atoms with Crippen molar-refractivity contribution >= 4 is 0 Å². The Labute approximate surface area is 116 Å². The van der Waals surface area contributed by atoms with Crippen LogP contribution in [0.3, 0.4) is 0 Å². The SMILES string of the molecule is FC(F)(F)c1ccc(C#CCCc2ccccc2)cc1. The van der Waals surface area contributed by atoms with Crippen LogP contribution < -0.4 is 0 Å². The predicted octanol–water partition coefficient (Wildman–Crippen LogP) is 4.69. The van der Waals surface area contributed by atoms with Crippen molar-refractivity contribution in [1.29, 1.82) is 0 Å². The third-order valence-electron chi connectivity index (χ3n) is 2.83. The third-order valence-corrected chi connectivity index (χ3v) is 2.83. The lowest BCUT2D eigenvalue weighted by Crippen LogP contribution is -2.04. The molecule has 0 spiro atoms. The molecule has 102 valence electrons. The highest BCUT2D eigenvalue weighted by molar-refractivity contribution is 5.37. The Hall–Kier alpha value is -2.21. The second kappa shape index (κ2) is 6.29. The Bertz CT molecular complexity index is 599. The summed E-state index contributed by atoms with van der Waals surface area (Å²) < 4.78 is 37.1. The van der Waals surface area contributed by atoms with E-state index >= 15 is 0 Å². The highest BCUT2D eigenvalue weighted by Gasteiger charge is 2.29. The smallest absolute Gasteiger partial charge is 0.166 e. The molecule has 0 saturated heterocycles. The van der Waals surface area contributed by atoms with Gasteiger partial charge in [-0.3, -0.25) is 0 Å². The minimum absolute atomic E-state index is 0.603. The summed E-state index contributed by atoms with van der Waals surface area (Å²) in [4.78, 5) is 0. The minimum atomic E-state index is -4.29. The van der Waals surface area contributed by atoms with Gasteiger partial charge >= 0.3 is 6.18 Å². The average Bonchev–Trinajstić information content (AvgIpc) is 2.44. The Morgan fingerprint density at radius 2 is 1.50 bits per heavy atom. The van der Waals surface area contributed by atoms with Gasteiger partial charge in [0.1, 0.15) is 0 Å². The normalized spacial score (nSPS) is 10.8. The van der Waals surface area contributed by atoms with Crippen LogP contribution in [0.1, 0.15) is 23.1 Å². The molecule has 0 N–H and O–H groups in total. The van der Waals surface area contributed by atoms with Gasteiger partial charge < -0.3 is 0 Å². The van der Waals surface area contributed by atoms with Gasteiger partial charge in [-0.2, -0.15) is 13.2 Å². The van der Waals surface area contributed by atoms with E-state index in [1.165, 1.54) is 17.7 Å². The van der Waals surface area contributed by atoms with Crippen molar-refractivity contribution in [2.24, 2.45) is 0 Å². The van der Waals surface area contributed by atoms with E-state index in [1.807, 2.05) is 30.3 Å². The molecule has 2 aromatic rings. The van der Waals surface area contributed by atoms with Gasteiger partial charge in [0.05, 0.1) is 5.56 Å². The molecule has 0 atom stereocenters. The Kier molecular flexibility index (Phi) is 4.47. The van der Waals surface area contributed by atoms with Gasteiger partial charge in [-0.25, -0.2) is 0 Å². The summed E-state index contributed by atoms with van der Waals surface area (Å²) in [5, 5.41) is 0. The van der Waals surface area contributed by atoms with Crippen molar-refractivity contribution in [3.63, 3.8) is 0 Å². The number of aryl methyl sites for hydroxylation is 1. The van der Waals surface area contributed by atoms with Crippen molar-refractivity contribution in [3.8, 4) is 11.8 Å². The van der Waals surface area contributed by atoms with Crippen molar-refractivity contribution in [1.82, 2.24) is 0 Å². The maximum atomic E-state index is 12.4. The standard InChI is InChI=1S/C17H13F3/c18-17(19,20)16-12-10-15(11-13-16)9-5-4-8-14-6-2-1-3-7-14/h1-3,6-7,10-13H,4,8H2. The van der Waals surface area contributed by atoms with Crippen LogP contribution in [0.25, 0.3) is 0 Å². The van der Waals surface area contributed by atoms with Crippen LogP contribution in [-0.2, 0) is 12.6 Å². The van der Waals surface area contributed by atoms with E-state index in [-0.39, 0.29) is 0 Å². The first-order valence-corrected chi connectivity index (χ1v) is 6.26. The van der Waals surface area contributed by atoms with Crippen molar-refractivity contribution in [2.75, 3.05) is 0 Å². The summed E-state index contributed by atoms with van der Waals surface area (Å²) in [7, 11) is 0. The number of benzene rings is 2. The molecule has 2 rings (SSSR count). The van der Waals surface area contributed by atoms with E-state index in [4.69, 9.17) is 0 Å². The van der Waals surface area contributed by atoms with Gasteiger partial charge in [-0.05, 0) is 36.2 Å². The van der Waals surface area contributed by atoms with Gasteiger partial charge in [-0.1, -0.05) is 42.2 Å². The lowest BCUT2D eigenvalue weighted by atomic mass is 10.1. The second-order valence-corrected chi connectivity index (χ2v) is 4.36. The Morgan fingerprint density at radius 3 is 2.10 bits per heavy atom. The second-order valence-electron chi connectivity index (χ2n) is 4.36. The van der Waals surface area contributed by atoms with Crippen molar-refractivity contribution < 1.29 is 13.2 Å². The number of rotatable bonds is 2. The van der Waals surface area contributed by atoms with Gasteiger partial charge in [0.25, 0.3) is 0 Å². The highest BCUT2D eigenvalue weighted by Crippen LogP contribution is 2.28. The molecule has 0 aliphatic rings. The molecule has 0 heterocycles. The Morgan fingerprint density at radius 1 is 0.850 bits per heavy atom. The van der Waals surface area contributed by atoms with E-state index < -0.39 is 11.7 Å². The van der Waals surface area contributed by atoms with Crippen LogP contribution in [0, 0.1) is 11.8 Å². The van der Waals surface area contributed by atoms with Crippen molar-refractivity contribution in [3.05, 3.63) is 71.3 Å². The van der Waals surface area contributed by atoms with Crippen molar-refractivity contribution in [2.45, 2.75) is 19.0 Å². The molecule has 0 bridgehead atoms. The zero-order chi connectivity index (χ0) is 14.4. The largest absolute Gasteiger partial charge is 0.416 e. The summed E-state index contributed by atoms with van der Waals surface area (Å²) in [5.74, 6) is 5.85. The maximum absolute atomic E-state index is 12.4. The zero-order valence-corrected chi connectivity index (χ0v) is 10.7. The highest BCUT2D eigenvalue weighted by atomic mass is 19.4. The summed E-state index contributed by atoms with van der Waals surface area (Å²) in [6, 6.07) is 14.9. The van der Waals surface area contributed by atoms with Gasteiger partial charge in [0, 0.05) is 12.0 Å². The summed E-state index contributed by atoms with van der Waals surface area (Å²) in [5.41, 5.74) is 1.16. The van der Waals surface area contributed by atoms with Gasteiger partial charge in [-0.15, -0.1) is 0 Å². The van der Waals surface area contributed by atoms with Gasteiger partial charge in [0.2, 0.25) is 0 Å². The molecule has 0 fully saturated rings. The molecule has 0 unspecified atom stereocenters. The quantitative estimate of drug-likeness (QED) is 0.697. The molecule has 0 saturated carbocycles. The third kappa shape index (κ3) is 4.17. The Balaban J connectivity index is 1.93. The van der Waals surface area contributed by atoms with E-state index in [9.17, 15) is 13.2 Å². The molecular formula is C17H13F3. The lowest BCUT2D eigenvalue weighted by Gasteiger charge is -2.05. The van der Waals surface area contributed by atoms with Crippen LogP contribution in [0.15, 0.2) is 54.6 Å². The fraction of sp³-hybridized carbons (Fsp3) is 0.176. The molecule has 0 radical (unpaired) electrons. The number of halogens is 3. The minimum Gasteiger partial charge on any atom is -0.166 e. The first kappa shape index (κ1) is 14.2. The first-order valence-electron chi connectivity index (χ1n) is 6.26. The molecule has 0 aromatic heterocycles. The number of hydrogen-bond donors (Lipinski definition) is 0. The van der Waals surface area contributed by atoms with E-state index in [0.717, 1.165) is 18.6 Å². The summed E-state index contributed by atoms with van der Waals surface area (Å²) >= 11 is 0. The van der Waals surface area contributed by atoms with E-state index in [2.05, 4.69) is 11.8 Å². The molecule has 2 aromatic carbocycles. The molecule has 0 aliphatic heterocycles. The monoisotopic (exact) mass is 274 g/mol. The summed E-state index contributed by atoms with van der Waals surface area (Å²) in [6.45, 7) is 0. The fourth-order valence-electron chi connectivity index (χ4n) is 1.76. The zero-order valence-electron chi connectivity index (χ0n) is 10.7. The van der Waals surface area contributed by atoms with E-state index in [0.29, 0.717) is 12.0 Å². The number of alkyl halides is 3. The van der Waals surface area contributed by atoms with Crippen LogP contribution in [0.4, 0.5) is 13.2 Å². The molecule has 3 heteroatoms. The van der Waals surface area contributed by atoms with E-state index in [1.54, 1.807) is 0 Å². The fourth-order valence-corrected chi connectivity index (χ4v) is 1.76. The molecule has 0 aliphatic carbocycles. The molecule has 0 nitrogen and oxygen atoms in total. The number of hydrogen-bond acceptors (Lipinski definition) is 0. The van der Waals surface area contributed by atoms with Gasteiger partial charge in [0.15, 0.2) is 0 Å². The maximum Gasteiger partial charge on any atom is 0.416 e. The van der Waals surface area contributed by atoms with Crippen LogP contribution >= 0.6 is 0 Å². The average molecular weight is 274 g/mol. The van der Waals surface area contributed by atoms with Crippen LogP contribution in [0.5, 0.6) is 0 Å². The molecule has 0 amide bonds. The topological polar surface area (TPSA) is 0 Å². The van der Waals surface area contributed by atoms with Crippen LogP contribution in [-0.4, -0.2) is 0 Å². The lowest BCUT2D eigenvalue weighted by molar-refractivity contribution is -0.137. The first-order chi connectivity index (χ1) is 9.55. The summed E-state index contributed by atoms with van der Waals surface area (Å²) in [6.07, 6.45) is -2.77.